The highest BCUT2D eigenvalue weighted by molar-refractivity contribution is 6.33. The molecule has 7 heteroatoms. The third kappa shape index (κ3) is 4.70. The largest absolute Gasteiger partial charge is 0.355 e. The van der Waals surface area contributed by atoms with Crippen molar-refractivity contribution in [3.8, 4) is 0 Å². The molecule has 1 aromatic heterocycles. The second kappa shape index (κ2) is 9.37. The molecular formula is C21H23ClN4O2. The quantitative estimate of drug-likeness (QED) is 0.570. The number of hydrogen-bond acceptors (Lipinski definition) is 3. The topological polar surface area (TPSA) is 76.0 Å². The third-order valence-electron chi connectivity index (χ3n) is 4.41. The molecule has 0 saturated heterocycles. The fourth-order valence-corrected chi connectivity index (χ4v) is 3.16. The van der Waals surface area contributed by atoms with Gasteiger partial charge in [0.1, 0.15) is 12.4 Å². The summed E-state index contributed by atoms with van der Waals surface area (Å²) in [6, 6.07) is 14.5. The molecule has 0 radical (unpaired) electrons. The molecule has 0 aliphatic heterocycles. The van der Waals surface area contributed by atoms with E-state index in [1.165, 1.54) is 0 Å². The molecule has 2 aromatic carbocycles. The van der Waals surface area contributed by atoms with Crippen molar-refractivity contribution in [1.29, 1.82) is 0 Å². The van der Waals surface area contributed by atoms with Crippen molar-refractivity contribution < 1.29 is 9.59 Å². The molecule has 6 nitrogen and oxygen atoms in total. The van der Waals surface area contributed by atoms with E-state index < -0.39 is 0 Å². The van der Waals surface area contributed by atoms with Gasteiger partial charge in [0, 0.05) is 6.54 Å². The van der Waals surface area contributed by atoms with Gasteiger partial charge < -0.3 is 15.2 Å². The van der Waals surface area contributed by atoms with Gasteiger partial charge in [-0.1, -0.05) is 49.2 Å². The zero-order chi connectivity index (χ0) is 19.9. The Morgan fingerprint density at radius 3 is 2.61 bits per heavy atom. The Morgan fingerprint density at radius 2 is 1.82 bits per heavy atom. The summed E-state index contributed by atoms with van der Waals surface area (Å²) in [5.74, 6) is 0.263. The lowest BCUT2D eigenvalue weighted by Crippen LogP contribution is -2.30. The highest BCUT2D eigenvalue weighted by Crippen LogP contribution is 2.17. The average Bonchev–Trinajstić information content (AvgIpc) is 3.04. The second-order valence-corrected chi connectivity index (χ2v) is 6.88. The number of rotatable bonds is 8. The van der Waals surface area contributed by atoms with Crippen molar-refractivity contribution in [3.63, 3.8) is 0 Å². The van der Waals surface area contributed by atoms with Crippen LogP contribution in [0.1, 0.15) is 35.9 Å². The normalized spacial score (nSPS) is 10.8. The Morgan fingerprint density at radius 1 is 1.07 bits per heavy atom. The van der Waals surface area contributed by atoms with E-state index in [0.29, 0.717) is 23.0 Å². The smallest absolute Gasteiger partial charge is 0.253 e. The maximum absolute atomic E-state index is 12.5. The minimum atomic E-state index is -0.281. The molecule has 0 atom stereocenters. The maximum atomic E-state index is 12.5. The third-order valence-corrected chi connectivity index (χ3v) is 4.74. The molecule has 0 aliphatic rings. The molecule has 2 amide bonds. The van der Waals surface area contributed by atoms with Crippen molar-refractivity contribution >= 4 is 34.4 Å². The van der Waals surface area contributed by atoms with E-state index in [-0.39, 0.29) is 24.9 Å². The number of carbonyl (C=O) groups excluding carboxylic acids is 2. The molecule has 0 saturated carbocycles. The number of para-hydroxylation sites is 2. The molecule has 0 spiro atoms. The summed E-state index contributed by atoms with van der Waals surface area (Å²) in [5, 5.41) is 6.16. The molecule has 1 heterocycles. The van der Waals surface area contributed by atoms with Crippen molar-refractivity contribution in [2.45, 2.75) is 32.9 Å². The number of carbonyl (C=O) groups is 2. The predicted octanol–water partition coefficient (Wildman–Crippen LogP) is 3.54. The zero-order valence-electron chi connectivity index (χ0n) is 15.7. The van der Waals surface area contributed by atoms with Gasteiger partial charge in [-0.3, -0.25) is 9.59 Å². The number of fused-ring (bicyclic) bond motifs is 1. The minimum absolute atomic E-state index is 0.0738. The van der Waals surface area contributed by atoms with Gasteiger partial charge in [-0.2, -0.15) is 0 Å². The first-order valence-electron chi connectivity index (χ1n) is 9.33. The van der Waals surface area contributed by atoms with Crippen LogP contribution in [0.4, 0.5) is 0 Å². The van der Waals surface area contributed by atoms with Crippen LogP contribution in [0.2, 0.25) is 5.02 Å². The first-order valence-corrected chi connectivity index (χ1v) is 9.71. The van der Waals surface area contributed by atoms with Gasteiger partial charge in [0.05, 0.1) is 28.2 Å². The van der Waals surface area contributed by atoms with Gasteiger partial charge >= 0.3 is 0 Å². The number of aromatic nitrogens is 2. The predicted molar refractivity (Wildman–Crippen MR) is 110 cm³/mol. The summed E-state index contributed by atoms with van der Waals surface area (Å²) in [5.41, 5.74) is 2.05. The molecule has 2 N–H and O–H groups in total. The Balaban J connectivity index is 1.77. The summed E-state index contributed by atoms with van der Waals surface area (Å²) in [7, 11) is 0. The highest BCUT2D eigenvalue weighted by atomic mass is 35.5. The standard InChI is InChI=1S/C21H23ClN4O2/c1-2-3-12-23-20(27)14-26-18-11-7-6-10-17(18)25-19(26)13-24-21(28)15-8-4-5-9-16(15)22/h4-11H,2-3,12-14H2,1H3,(H,23,27)(H,24,28). The molecule has 3 aromatic rings. The van der Waals surface area contributed by atoms with Crippen LogP contribution in [0.25, 0.3) is 11.0 Å². The number of benzene rings is 2. The van der Waals surface area contributed by atoms with Crippen molar-refractivity contribution in [2.24, 2.45) is 0 Å². The first-order chi connectivity index (χ1) is 13.6. The molecule has 146 valence electrons. The highest BCUT2D eigenvalue weighted by Gasteiger charge is 2.15. The van der Waals surface area contributed by atoms with Crippen LogP contribution < -0.4 is 10.6 Å². The number of amides is 2. The molecular weight excluding hydrogens is 376 g/mol. The molecule has 0 unspecified atom stereocenters. The van der Waals surface area contributed by atoms with E-state index in [1.54, 1.807) is 24.3 Å². The van der Waals surface area contributed by atoms with Crippen molar-refractivity contribution in [1.82, 2.24) is 20.2 Å². The van der Waals surface area contributed by atoms with E-state index in [9.17, 15) is 9.59 Å². The molecule has 28 heavy (non-hydrogen) atoms. The van der Waals surface area contributed by atoms with E-state index in [1.807, 2.05) is 28.8 Å². The zero-order valence-corrected chi connectivity index (χ0v) is 16.5. The van der Waals surface area contributed by atoms with E-state index >= 15 is 0 Å². The SMILES string of the molecule is CCCCNC(=O)Cn1c(CNC(=O)c2ccccc2Cl)nc2ccccc21. The summed E-state index contributed by atoms with van der Waals surface area (Å²) < 4.78 is 1.84. The summed E-state index contributed by atoms with van der Waals surface area (Å²) in [6.07, 6.45) is 1.96. The number of nitrogens with one attached hydrogen (secondary N) is 2. The molecule has 0 aliphatic carbocycles. The fourth-order valence-electron chi connectivity index (χ4n) is 2.94. The van der Waals surface area contributed by atoms with Crippen molar-refractivity contribution in [3.05, 3.63) is 64.9 Å². The maximum Gasteiger partial charge on any atom is 0.253 e. The van der Waals surface area contributed by atoms with Crippen molar-refractivity contribution in [2.75, 3.05) is 6.54 Å². The van der Waals surface area contributed by atoms with Gasteiger partial charge in [-0.05, 0) is 30.7 Å². The van der Waals surface area contributed by atoms with Crippen LogP contribution in [0.5, 0.6) is 0 Å². The lowest BCUT2D eigenvalue weighted by molar-refractivity contribution is -0.121. The van der Waals surface area contributed by atoms with Crippen LogP contribution in [-0.2, 0) is 17.9 Å². The second-order valence-electron chi connectivity index (χ2n) is 6.47. The molecule has 0 bridgehead atoms. The molecule has 0 fully saturated rings. The first kappa shape index (κ1) is 19.9. The molecule has 3 rings (SSSR count). The van der Waals surface area contributed by atoms with Crippen LogP contribution in [0, 0.1) is 0 Å². The Bertz CT molecular complexity index is 983. The summed E-state index contributed by atoms with van der Waals surface area (Å²) >= 11 is 6.09. The number of hydrogen-bond donors (Lipinski definition) is 2. The van der Waals surface area contributed by atoms with Gasteiger partial charge in [0.2, 0.25) is 5.91 Å². The van der Waals surface area contributed by atoms with E-state index in [4.69, 9.17) is 11.6 Å². The number of nitrogens with zero attached hydrogens (tertiary/aromatic N) is 2. The average molecular weight is 399 g/mol. The Hall–Kier alpha value is -2.86. The van der Waals surface area contributed by atoms with Gasteiger partial charge in [-0.15, -0.1) is 0 Å². The van der Waals surface area contributed by atoms with Gasteiger partial charge in [-0.25, -0.2) is 4.98 Å². The fraction of sp³-hybridized carbons (Fsp3) is 0.286. The Kier molecular flexibility index (Phi) is 6.66. The van der Waals surface area contributed by atoms with Crippen LogP contribution >= 0.6 is 11.6 Å². The number of unbranched alkanes of at least 4 members (excludes halogenated alkanes) is 1. The van der Waals surface area contributed by atoms with Crippen LogP contribution in [0.15, 0.2) is 48.5 Å². The monoisotopic (exact) mass is 398 g/mol. The van der Waals surface area contributed by atoms with E-state index in [2.05, 4.69) is 22.5 Å². The lowest BCUT2D eigenvalue weighted by Gasteiger charge is -2.11. The minimum Gasteiger partial charge on any atom is -0.355 e. The Labute approximate surface area is 168 Å². The number of imidazole rings is 1. The summed E-state index contributed by atoms with van der Waals surface area (Å²) in [6.45, 7) is 3.08. The van der Waals surface area contributed by atoms with Crippen LogP contribution in [-0.4, -0.2) is 27.9 Å². The van der Waals surface area contributed by atoms with Crippen LogP contribution in [0.3, 0.4) is 0 Å². The van der Waals surface area contributed by atoms with E-state index in [0.717, 1.165) is 23.9 Å². The lowest BCUT2D eigenvalue weighted by atomic mass is 10.2. The van der Waals surface area contributed by atoms with Gasteiger partial charge in [0.15, 0.2) is 0 Å². The number of halogens is 1. The van der Waals surface area contributed by atoms with Gasteiger partial charge in [0.25, 0.3) is 5.91 Å². The summed E-state index contributed by atoms with van der Waals surface area (Å²) in [4.78, 5) is 29.4.